The standard InChI is InChI=1S/C17H17BrO2/c18-16-9-12(10-19)5-7-17(16)20-11-13-4-6-14-2-1-3-15(14)8-13/h4-9,19H,1-3,10-11H2. The number of aryl methyl sites for hydroxylation is 2. The van der Waals surface area contributed by atoms with Crippen LogP contribution in [0.25, 0.3) is 0 Å². The first-order chi connectivity index (χ1) is 9.76. The summed E-state index contributed by atoms with van der Waals surface area (Å²) in [6, 6.07) is 12.3. The summed E-state index contributed by atoms with van der Waals surface area (Å²) in [6.07, 6.45) is 3.68. The molecule has 0 aliphatic heterocycles. The number of aliphatic hydroxyl groups is 1. The Hall–Kier alpha value is -1.32. The van der Waals surface area contributed by atoms with Gasteiger partial charge in [-0.15, -0.1) is 0 Å². The van der Waals surface area contributed by atoms with Crippen molar-refractivity contribution in [1.29, 1.82) is 0 Å². The fourth-order valence-corrected chi connectivity index (χ4v) is 3.18. The molecule has 1 aliphatic rings. The van der Waals surface area contributed by atoms with Crippen molar-refractivity contribution in [2.24, 2.45) is 0 Å². The molecule has 2 nitrogen and oxygen atoms in total. The van der Waals surface area contributed by atoms with Gasteiger partial charge in [-0.3, -0.25) is 0 Å². The third-order valence-electron chi connectivity index (χ3n) is 3.74. The SMILES string of the molecule is OCc1ccc(OCc2ccc3c(c2)CCC3)c(Br)c1. The number of ether oxygens (including phenoxy) is 1. The van der Waals surface area contributed by atoms with Crippen LogP contribution in [0.1, 0.15) is 28.7 Å². The van der Waals surface area contributed by atoms with Gasteiger partial charge in [-0.2, -0.15) is 0 Å². The molecule has 104 valence electrons. The van der Waals surface area contributed by atoms with E-state index in [0.29, 0.717) is 6.61 Å². The zero-order valence-corrected chi connectivity index (χ0v) is 12.8. The molecule has 0 aromatic heterocycles. The average Bonchev–Trinajstić information content (AvgIpc) is 2.93. The first-order valence-electron chi connectivity index (χ1n) is 6.89. The Bertz CT molecular complexity index is 622. The molecule has 0 spiro atoms. The van der Waals surface area contributed by atoms with E-state index in [1.54, 1.807) is 0 Å². The minimum absolute atomic E-state index is 0.0453. The van der Waals surface area contributed by atoms with Gasteiger partial charge in [-0.05, 0) is 69.6 Å². The van der Waals surface area contributed by atoms with Crippen LogP contribution >= 0.6 is 15.9 Å². The predicted octanol–water partition coefficient (Wildman–Crippen LogP) is 4.01. The largest absolute Gasteiger partial charge is 0.488 e. The summed E-state index contributed by atoms with van der Waals surface area (Å²) in [6.45, 7) is 0.619. The van der Waals surface area contributed by atoms with Gasteiger partial charge in [0.05, 0.1) is 11.1 Å². The van der Waals surface area contributed by atoms with Crippen LogP contribution in [0.15, 0.2) is 40.9 Å². The number of benzene rings is 2. The molecule has 0 radical (unpaired) electrons. The van der Waals surface area contributed by atoms with Gasteiger partial charge in [0.15, 0.2) is 0 Å². The van der Waals surface area contributed by atoms with Crippen LogP contribution in [0.2, 0.25) is 0 Å². The number of fused-ring (bicyclic) bond motifs is 1. The van der Waals surface area contributed by atoms with Crippen LogP contribution in [-0.4, -0.2) is 5.11 Å². The van der Waals surface area contributed by atoms with Crippen molar-refractivity contribution in [1.82, 2.24) is 0 Å². The molecule has 1 aliphatic carbocycles. The highest BCUT2D eigenvalue weighted by molar-refractivity contribution is 9.10. The highest BCUT2D eigenvalue weighted by Gasteiger charge is 2.11. The Balaban J connectivity index is 1.70. The number of rotatable bonds is 4. The molecule has 0 unspecified atom stereocenters. The van der Waals surface area contributed by atoms with E-state index >= 15 is 0 Å². The van der Waals surface area contributed by atoms with E-state index in [1.807, 2.05) is 18.2 Å². The quantitative estimate of drug-likeness (QED) is 0.916. The molecular weight excluding hydrogens is 316 g/mol. The lowest BCUT2D eigenvalue weighted by atomic mass is 10.1. The summed E-state index contributed by atoms with van der Waals surface area (Å²) in [5.74, 6) is 0.808. The molecule has 0 atom stereocenters. The van der Waals surface area contributed by atoms with E-state index in [4.69, 9.17) is 9.84 Å². The fourth-order valence-electron chi connectivity index (χ4n) is 2.64. The lowest BCUT2D eigenvalue weighted by molar-refractivity contribution is 0.280. The van der Waals surface area contributed by atoms with Gasteiger partial charge in [0.25, 0.3) is 0 Å². The van der Waals surface area contributed by atoms with E-state index in [9.17, 15) is 0 Å². The maximum atomic E-state index is 9.09. The minimum atomic E-state index is 0.0453. The van der Waals surface area contributed by atoms with Crippen molar-refractivity contribution >= 4 is 15.9 Å². The van der Waals surface area contributed by atoms with Gasteiger partial charge < -0.3 is 9.84 Å². The van der Waals surface area contributed by atoms with Crippen LogP contribution in [-0.2, 0) is 26.1 Å². The first kappa shape index (κ1) is 13.7. The maximum Gasteiger partial charge on any atom is 0.134 e. The maximum absolute atomic E-state index is 9.09. The molecule has 0 heterocycles. The highest BCUT2D eigenvalue weighted by atomic mass is 79.9. The molecule has 0 fully saturated rings. The van der Waals surface area contributed by atoms with Crippen LogP contribution < -0.4 is 4.74 Å². The van der Waals surface area contributed by atoms with Gasteiger partial charge >= 0.3 is 0 Å². The Morgan fingerprint density at radius 1 is 1.00 bits per heavy atom. The molecule has 0 saturated carbocycles. The van der Waals surface area contributed by atoms with E-state index in [0.717, 1.165) is 15.8 Å². The monoisotopic (exact) mass is 332 g/mol. The zero-order chi connectivity index (χ0) is 13.9. The molecule has 0 bridgehead atoms. The number of hydrogen-bond acceptors (Lipinski definition) is 2. The normalized spacial score (nSPS) is 13.3. The Morgan fingerprint density at radius 3 is 2.60 bits per heavy atom. The average molecular weight is 333 g/mol. The Labute approximate surface area is 127 Å². The minimum Gasteiger partial charge on any atom is -0.488 e. The lowest BCUT2D eigenvalue weighted by Crippen LogP contribution is -1.98. The summed E-state index contributed by atoms with van der Waals surface area (Å²) in [5, 5.41) is 9.09. The van der Waals surface area contributed by atoms with E-state index in [-0.39, 0.29) is 6.61 Å². The van der Waals surface area contributed by atoms with Crippen molar-refractivity contribution in [2.45, 2.75) is 32.5 Å². The van der Waals surface area contributed by atoms with E-state index in [2.05, 4.69) is 34.1 Å². The van der Waals surface area contributed by atoms with Gasteiger partial charge in [0.1, 0.15) is 12.4 Å². The van der Waals surface area contributed by atoms with Crippen molar-refractivity contribution < 1.29 is 9.84 Å². The molecule has 3 rings (SSSR count). The van der Waals surface area contributed by atoms with Crippen molar-refractivity contribution in [2.75, 3.05) is 0 Å². The van der Waals surface area contributed by atoms with Crippen LogP contribution in [0.4, 0.5) is 0 Å². The Kier molecular flexibility index (Phi) is 4.08. The van der Waals surface area contributed by atoms with Crippen molar-refractivity contribution in [3.8, 4) is 5.75 Å². The number of aliphatic hydroxyl groups excluding tert-OH is 1. The fraction of sp³-hybridized carbons (Fsp3) is 0.294. The second kappa shape index (κ2) is 5.98. The summed E-state index contributed by atoms with van der Waals surface area (Å²) in [7, 11) is 0. The predicted molar refractivity (Wildman–Crippen MR) is 82.9 cm³/mol. The number of hydrogen-bond donors (Lipinski definition) is 1. The Morgan fingerprint density at radius 2 is 1.80 bits per heavy atom. The summed E-state index contributed by atoms with van der Waals surface area (Å²) < 4.78 is 6.73. The van der Waals surface area contributed by atoms with Crippen LogP contribution in [0.5, 0.6) is 5.75 Å². The van der Waals surface area contributed by atoms with Gasteiger partial charge in [-0.1, -0.05) is 24.3 Å². The molecule has 20 heavy (non-hydrogen) atoms. The molecule has 2 aromatic carbocycles. The van der Waals surface area contributed by atoms with Crippen LogP contribution in [0, 0.1) is 0 Å². The van der Waals surface area contributed by atoms with E-state index < -0.39 is 0 Å². The molecular formula is C17H17BrO2. The zero-order valence-electron chi connectivity index (χ0n) is 11.2. The lowest BCUT2D eigenvalue weighted by Gasteiger charge is -2.10. The van der Waals surface area contributed by atoms with E-state index in [1.165, 1.54) is 36.0 Å². The van der Waals surface area contributed by atoms with Gasteiger partial charge in [0.2, 0.25) is 0 Å². The van der Waals surface area contributed by atoms with Crippen LogP contribution in [0.3, 0.4) is 0 Å². The summed E-state index contributed by atoms with van der Waals surface area (Å²) in [4.78, 5) is 0. The molecule has 0 amide bonds. The van der Waals surface area contributed by atoms with Crippen molar-refractivity contribution in [3.05, 3.63) is 63.1 Å². The second-order valence-electron chi connectivity index (χ2n) is 5.17. The summed E-state index contributed by atoms with van der Waals surface area (Å²) in [5.41, 5.74) is 5.05. The number of halogens is 1. The van der Waals surface area contributed by atoms with Crippen molar-refractivity contribution in [3.63, 3.8) is 0 Å². The first-order valence-corrected chi connectivity index (χ1v) is 7.68. The van der Waals surface area contributed by atoms with Gasteiger partial charge in [0, 0.05) is 0 Å². The molecule has 1 N–H and O–H groups in total. The smallest absolute Gasteiger partial charge is 0.134 e. The molecule has 3 heteroatoms. The molecule has 2 aromatic rings. The third-order valence-corrected chi connectivity index (χ3v) is 4.36. The topological polar surface area (TPSA) is 29.5 Å². The second-order valence-corrected chi connectivity index (χ2v) is 6.02. The third kappa shape index (κ3) is 2.89. The highest BCUT2D eigenvalue weighted by Crippen LogP contribution is 2.28. The van der Waals surface area contributed by atoms with Gasteiger partial charge in [-0.25, -0.2) is 0 Å². The summed E-state index contributed by atoms with van der Waals surface area (Å²) >= 11 is 3.48. The molecule has 0 saturated heterocycles.